The van der Waals surface area contributed by atoms with E-state index in [4.69, 9.17) is 4.74 Å². The zero-order valence-corrected chi connectivity index (χ0v) is 8.49. The molecule has 1 aromatic carbocycles. The van der Waals surface area contributed by atoms with Gasteiger partial charge in [0.15, 0.2) is 0 Å². The van der Waals surface area contributed by atoms with Crippen LogP contribution in [0.4, 0.5) is 0 Å². The van der Waals surface area contributed by atoms with Crippen LogP contribution in [0.2, 0.25) is 0 Å². The second-order valence-corrected chi connectivity index (χ2v) is 3.73. The van der Waals surface area contributed by atoms with Gasteiger partial charge in [0.1, 0.15) is 5.75 Å². The summed E-state index contributed by atoms with van der Waals surface area (Å²) >= 11 is 0. The van der Waals surface area contributed by atoms with Gasteiger partial charge in [0.05, 0.1) is 13.2 Å². The van der Waals surface area contributed by atoms with Gasteiger partial charge < -0.3 is 9.84 Å². The highest BCUT2D eigenvalue weighted by molar-refractivity contribution is 5.39. The van der Waals surface area contributed by atoms with Gasteiger partial charge in [-0.3, -0.25) is 0 Å². The minimum Gasteiger partial charge on any atom is -0.494 e. The average molecular weight is 192 g/mol. The lowest BCUT2D eigenvalue weighted by Crippen LogP contribution is -1.96. The number of ether oxygens (including phenoxy) is 1. The van der Waals surface area contributed by atoms with Crippen LogP contribution in [-0.4, -0.2) is 11.7 Å². The van der Waals surface area contributed by atoms with Crippen LogP contribution in [0.3, 0.4) is 0 Å². The van der Waals surface area contributed by atoms with Crippen LogP contribution in [0.5, 0.6) is 5.75 Å². The van der Waals surface area contributed by atoms with Crippen LogP contribution in [0.15, 0.2) is 18.2 Å². The van der Waals surface area contributed by atoms with E-state index in [2.05, 4.69) is 6.07 Å². The van der Waals surface area contributed by atoms with Crippen LogP contribution in [0, 0.1) is 0 Å². The molecule has 0 amide bonds. The first kappa shape index (κ1) is 9.53. The molecule has 1 N–H and O–H groups in total. The smallest absolute Gasteiger partial charge is 0.119 e. The van der Waals surface area contributed by atoms with Gasteiger partial charge in [0.25, 0.3) is 0 Å². The average Bonchev–Trinajstić information content (AvgIpc) is 3.02. The minimum atomic E-state index is 0.118. The first-order valence-corrected chi connectivity index (χ1v) is 5.21. The zero-order valence-electron chi connectivity index (χ0n) is 8.49. The van der Waals surface area contributed by atoms with Gasteiger partial charge in [-0.15, -0.1) is 0 Å². The summed E-state index contributed by atoms with van der Waals surface area (Å²) in [5, 5.41) is 9.23. The molecule has 1 saturated carbocycles. The van der Waals surface area contributed by atoms with E-state index in [1.807, 2.05) is 19.1 Å². The summed E-state index contributed by atoms with van der Waals surface area (Å²) in [5.74, 6) is 1.55. The van der Waals surface area contributed by atoms with Crippen molar-refractivity contribution in [2.45, 2.75) is 32.3 Å². The Morgan fingerprint density at radius 1 is 1.43 bits per heavy atom. The Balaban J connectivity index is 2.24. The maximum Gasteiger partial charge on any atom is 0.119 e. The van der Waals surface area contributed by atoms with Crippen molar-refractivity contribution in [3.05, 3.63) is 29.3 Å². The Bertz CT molecular complexity index is 316. The van der Waals surface area contributed by atoms with Crippen molar-refractivity contribution in [3.63, 3.8) is 0 Å². The topological polar surface area (TPSA) is 29.5 Å². The fraction of sp³-hybridized carbons (Fsp3) is 0.500. The Labute approximate surface area is 84.5 Å². The van der Waals surface area contributed by atoms with E-state index in [-0.39, 0.29) is 6.61 Å². The predicted molar refractivity (Wildman–Crippen MR) is 55.5 cm³/mol. The van der Waals surface area contributed by atoms with Crippen LogP contribution < -0.4 is 4.74 Å². The fourth-order valence-electron chi connectivity index (χ4n) is 1.77. The van der Waals surface area contributed by atoms with Gasteiger partial charge in [-0.1, -0.05) is 6.07 Å². The standard InChI is InChI=1S/C12H16O2/c1-2-14-11-5-6-12(9-3-4-9)10(7-11)8-13/h5-7,9,13H,2-4,8H2,1H3. The maximum absolute atomic E-state index is 9.23. The van der Waals surface area contributed by atoms with E-state index in [9.17, 15) is 5.11 Å². The Morgan fingerprint density at radius 2 is 2.21 bits per heavy atom. The maximum atomic E-state index is 9.23. The molecule has 0 saturated heterocycles. The molecule has 1 fully saturated rings. The molecule has 0 radical (unpaired) electrons. The normalized spacial score (nSPS) is 15.6. The molecular weight excluding hydrogens is 176 g/mol. The second-order valence-electron chi connectivity index (χ2n) is 3.73. The molecule has 0 aromatic heterocycles. The lowest BCUT2D eigenvalue weighted by Gasteiger charge is -2.09. The third-order valence-corrected chi connectivity index (χ3v) is 2.61. The highest BCUT2D eigenvalue weighted by Gasteiger charge is 2.25. The Kier molecular flexibility index (Phi) is 2.73. The van der Waals surface area contributed by atoms with E-state index < -0.39 is 0 Å². The molecule has 1 aromatic rings. The SMILES string of the molecule is CCOc1ccc(C2CC2)c(CO)c1. The van der Waals surface area contributed by atoms with E-state index in [1.54, 1.807) is 0 Å². The largest absolute Gasteiger partial charge is 0.494 e. The van der Waals surface area contributed by atoms with Gasteiger partial charge in [0, 0.05) is 0 Å². The first-order chi connectivity index (χ1) is 6.85. The van der Waals surface area contributed by atoms with Gasteiger partial charge in [-0.25, -0.2) is 0 Å². The van der Waals surface area contributed by atoms with Crippen LogP contribution in [-0.2, 0) is 6.61 Å². The monoisotopic (exact) mass is 192 g/mol. The molecule has 0 aliphatic heterocycles. The number of benzene rings is 1. The predicted octanol–water partition coefficient (Wildman–Crippen LogP) is 2.46. The lowest BCUT2D eigenvalue weighted by molar-refractivity contribution is 0.278. The van der Waals surface area contributed by atoms with E-state index in [0.717, 1.165) is 11.3 Å². The fourth-order valence-corrected chi connectivity index (χ4v) is 1.77. The number of aliphatic hydroxyl groups excluding tert-OH is 1. The molecule has 0 bridgehead atoms. The third-order valence-electron chi connectivity index (χ3n) is 2.61. The zero-order chi connectivity index (χ0) is 9.97. The summed E-state index contributed by atoms with van der Waals surface area (Å²) in [7, 11) is 0. The van der Waals surface area contributed by atoms with Gasteiger partial charge >= 0.3 is 0 Å². The highest BCUT2D eigenvalue weighted by Crippen LogP contribution is 2.42. The summed E-state index contributed by atoms with van der Waals surface area (Å²) in [6.45, 7) is 2.76. The van der Waals surface area contributed by atoms with Crippen molar-refractivity contribution in [3.8, 4) is 5.75 Å². The second kappa shape index (κ2) is 4.01. The molecule has 0 spiro atoms. The molecule has 76 valence electrons. The minimum absolute atomic E-state index is 0.118. The summed E-state index contributed by atoms with van der Waals surface area (Å²) in [6, 6.07) is 6.04. The summed E-state index contributed by atoms with van der Waals surface area (Å²) in [6.07, 6.45) is 2.53. The molecule has 1 aliphatic carbocycles. The summed E-state index contributed by atoms with van der Waals surface area (Å²) in [4.78, 5) is 0. The Hall–Kier alpha value is -1.02. The first-order valence-electron chi connectivity index (χ1n) is 5.21. The summed E-state index contributed by atoms with van der Waals surface area (Å²) < 4.78 is 5.39. The van der Waals surface area contributed by atoms with E-state index in [0.29, 0.717) is 12.5 Å². The summed E-state index contributed by atoms with van der Waals surface area (Å²) in [5.41, 5.74) is 2.33. The molecule has 0 atom stereocenters. The van der Waals surface area contributed by atoms with Crippen molar-refractivity contribution >= 4 is 0 Å². The van der Waals surface area contributed by atoms with E-state index >= 15 is 0 Å². The molecule has 2 nitrogen and oxygen atoms in total. The molecule has 0 unspecified atom stereocenters. The number of hydrogen-bond acceptors (Lipinski definition) is 2. The van der Waals surface area contributed by atoms with Gasteiger partial charge in [-0.05, 0) is 48.9 Å². The van der Waals surface area contributed by atoms with Crippen molar-refractivity contribution < 1.29 is 9.84 Å². The van der Waals surface area contributed by atoms with Crippen molar-refractivity contribution in [1.29, 1.82) is 0 Å². The van der Waals surface area contributed by atoms with E-state index in [1.165, 1.54) is 18.4 Å². The van der Waals surface area contributed by atoms with Crippen LogP contribution >= 0.6 is 0 Å². The Morgan fingerprint density at radius 3 is 2.79 bits per heavy atom. The molecule has 0 heterocycles. The highest BCUT2D eigenvalue weighted by atomic mass is 16.5. The molecular formula is C12H16O2. The third kappa shape index (κ3) is 1.90. The number of rotatable bonds is 4. The van der Waals surface area contributed by atoms with Gasteiger partial charge in [0.2, 0.25) is 0 Å². The van der Waals surface area contributed by atoms with Gasteiger partial charge in [-0.2, -0.15) is 0 Å². The molecule has 14 heavy (non-hydrogen) atoms. The van der Waals surface area contributed by atoms with Crippen LogP contribution in [0.1, 0.15) is 36.8 Å². The molecule has 1 aliphatic rings. The van der Waals surface area contributed by atoms with Crippen molar-refractivity contribution in [2.24, 2.45) is 0 Å². The molecule has 2 heteroatoms. The quantitative estimate of drug-likeness (QED) is 0.794. The number of hydrogen-bond donors (Lipinski definition) is 1. The van der Waals surface area contributed by atoms with Crippen LogP contribution in [0.25, 0.3) is 0 Å². The molecule has 2 rings (SSSR count). The van der Waals surface area contributed by atoms with Crippen molar-refractivity contribution in [1.82, 2.24) is 0 Å². The lowest BCUT2D eigenvalue weighted by atomic mass is 10.0. The number of aliphatic hydroxyl groups is 1. The van der Waals surface area contributed by atoms with Crippen molar-refractivity contribution in [2.75, 3.05) is 6.61 Å².